The lowest BCUT2D eigenvalue weighted by Crippen LogP contribution is -2.02. The van der Waals surface area contributed by atoms with Gasteiger partial charge in [0.25, 0.3) is 0 Å². The summed E-state index contributed by atoms with van der Waals surface area (Å²) in [7, 11) is 1.47. The molecule has 0 heterocycles. The Kier molecular flexibility index (Phi) is 4.16. The van der Waals surface area contributed by atoms with Gasteiger partial charge in [0.2, 0.25) is 0 Å². The van der Waals surface area contributed by atoms with Gasteiger partial charge in [-0.1, -0.05) is 6.07 Å². The summed E-state index contributed by atoms with van der Waals surface area (Å²) in [6.07, 6.45) is 0. The quantitative estimate of drug-likeness (QED) is 0.858. The molecule has 0 aliphatic rings. The molecule has 0 N–H and O–H groups in total. The van der Waals surface area contributed by atoms with Gasteiger partial charge in [-0.05, 0) is 30.3 Å². The number of nitriles is 1. The zero-order valence-electron chi connectivity index (χ0n) is 10.7. The number of nitrogens with zero attached hydrogens (tertiary/aromatic N) is 1. The number of para-hydroxylation sites is 1. The fraction of sp³-hybridized carbons (Fsp3) is 0.133. The van der Waals surface area contributed by atoms with E-state index < -0.39 is 17.4 Å². The summed E-state index contributed by atoms with van der Waals surface area (Å²) in [5.41, 5.74) is 0.951. The van der Waals surface area contributed by atoms with Crippen molar-refractivity contribution in [1.29, 1.82) is 5.26 Å². The average molecular weight is 275 g/mol. The summed E-state index contributed by atoms with van der Waals surface area (Å²) in [4.78, 5) is 0. The Morgan fingerprint density at radius 1 is 1.15 bits per heavy atom. The van der Waals surface area contributed by atoms with Gasteiger partial charge in [-0.25, -0.2) is 8.78 Å². The molecule has 0 saturated heterocycles. The van der Waals surface area contributed by atoms with Gasteiger partial charge in [0.15, 0.2) is 17.4 Å². The molecule has 20 heavy (non-hydrogen) atoms. The molecule has 0 atom stereocenters. The van der Waals surface area contributed by atoms with Crippen LogP contribution >= 0.6 is 0 Å². The highest BCUT2D eigenvalue weighted by atomic mass is 19.1. The summed E-state index contributed by atoms with van der Waals surface area (Å²) >= 11 is 0. The van der Waals surface area contributed by atoms with Gasteiger partial charge in [-0.15, -0.1) is 0 Å². The Bertz CT molecular complexity index is 645. The molecule has 2 aromatic carbocycles. The number of halogens is 2. The van der Waals surface area contributed by atoms with E-state index in [9.17, 15) is 8.78 Å². The molecule has 0 aliphatic carbocycles. The van der Waals surface area contributed by atoms with E-state index in [-0.39, 0.29) is 6.61 Å². The van der Waals surface area contributed by atoms with E-state index in [1.807, 2.05) is 6.07 Å². The van der Waals surface area contributed by atoms with Crippen molar-refractivity contribution in [2.75, 3.05) is 7.11 Å². The molecular formula is C15H11F2NO2. The Balaban J connectivity index is 2.25. The smallest absolute Gasteiger partial charge is 0.191 e. The van der Waals surface area contributed by atoms with Crippen LogP contribution in [0.15, 0.2) is 36.4 Å². The Morgan fingerprint density at radius 2 is 1.85 bits per heavy atom. The first-order valence-electron chi connectivity index (χ1n) is 5.79. The Hall–Kier alpha value is -2.61. The molecule has 0 fully saturated rings. The minimum atomic E-state index is -0.777. The van der Waals surface area contributed by atoms with Crippen LogP contribution in [0.2, 0.25) is 0 Å². The predicted molar refractivity (Wildman–Crippen MR) is 68.4 cm³/mol. The maximum atomic E-state index is 13.4. The first-order chi connectivity index (χ1) is 9.65. The van der Waals surface area contributed by atoms with Crippen LogP contribution in [0.4, 0.5) is 8.78 Å². The van der Waals surface area contributed by atoms with Crippen LogP contribution in [0.5, 0.6) is 11.5 Å². The van der Waals surface area contributed by atoms with Crippen LogP contribution in [0, 0.1) is 23.0 Å². The molecular weight excluding hydrogens is 264 g/mol. The molecule has 0 radical (unpaired) electrons. The molecule has 3 nitrogen and oxygen atoms in total. The van der Waals surface area contributed by atoms with Crippen LogP contribution < -0.4 is 9.47 Å². The fourth-order valence-electron chi connectivity index (χ4n) is 1.73. The van der Waals surface area contributed by atoms with Gasteiger partial charge in [-0.2, -0.15) is 5.26 Å². The molecule has 0 spiro atoms. The third-order valence-electron chi connectivity index (χ3n) is 2.70. The number of ether oxygens (including phenoxy) is 2. The van der Waals surface area contributed by atoms with Gasteiger partial charge < -0.3 is 9.47 Å². The average Bonchev–Trinajstić information content (AvgIpc) is 2.46. The second-order valence-corrected chi connectivity index (χ2v) is 3.98. The maximum Gasteiger partial charge on any atom is 0.191 e. The molecule has 2 aromatic rings. The first-order valence-corrected chi connectivity index (χ1v) is 5.79. The van der Waals surface area contributed by atoms with Crippen LogP contribution in [-0.4, -0.2) is 7.11 Å². The number of hydrogen-bond acceptors (Lipinski definition) is 3. The monoisotopic (exact) mass is 275 g/mol. The van der Waals surface area contributed by atoms with Crippen LogP contribution in [0.3, 0.4) is 0 Å². The van der Waals surface area contributed by atoms with E-state index in [2.05, 4.69) is 0 Å². The molecule has 5 heteroatoms. The minimum Gasteiger partial charge on any atom is -0.496 e. The van der Waals surface area contributed by atoms with Crippen LogP contribution in [-0.2, 0) is 6.61 Å². The largest absolute Gasteiger partial charge is 0.496 e. The Labute approximate surface area is 115 Å². The fourth-order valence-corrected chi connectivity index (χ4v) is 1.73. The highest BCUT2D eigenvalue weighted by molar-refractivity contribution is 5.42. The molecule has 0 amide bonds. The van der Waals surface area contributed by atoms with Crippen molar-refractivity contribution in [3.05, 3.63) is 59.2 Å². The molecule has 0 saturated carbocycles. The van der Waals surface area contributed by atoms with Gasteiger partial charge in [0.05, 0.1) is 18.7 Å². The molecule has 0 unspecified atom stereocenters. The van der Waals surface area contributed by atoms with E-state index in [1.165, 1.54) is 13.2 Å². The van der Waals surface area contributed by atoms with Crippen LogP contribution in [0.25, 0.3) is 0 Å². The van der Waals surface area contributed by atoms with Crippen LogP contribution in [0.1, 0.15) is 11.1 Å². The highest BCUT2D eigenvalue weighted by Gasteiger charge is 2.12. The highest BCUT2D eigenvalue weighted by Crippen LogP contribution is 2.25. The second-order valence-electron chi connectivity index (χ2n) is 3.98. The minimum absolute atomic E-state index is 0.101. The van der Waals surface area contributed by atoms with Crippen molar-refractivity contribution in [3.8, 4) is 17.6 Å². The van der Waals surface area contributed by atoms with Crippen molar-refractivity contribution in [1.82, 2.24) is 0 Å². The van der Waals surface area contributed by atoms with E-state index in [0.29, 0.717) is 16.9 Å². The van der Waals surface area contributed by atoms with Crippen molar-refractivity contribution in [3.63, 3.8) is 0 Å². The molecule has 2 rings (SSSR count). The van der Waals surface area contributed by atoms with Crippen molar-refractivity contribution in [2.24, 2.45) is 0 Å². The number of hydrogen-bond donors (Lipinski definition) is 0. The van der Waals surface area contributed by atoms with Gasteiger partial charge in [-0.3, -0.25) is 0 Å². The zero-order valence-corrected chi connectivity index (χ0v) is 10.7. The normalized spacial score (nSPS) is 9.90. The second kappa shape index (κ2) is 6.02. The molecule has 0 bridgehead atoms. The van der Waals surface area contributed by atoms with E-state index in [1.54, 1.807) is 18.2 Å². The van der Waals surface area contributed by atoms with Crippen molar-refractivity contribution < 1.29 is 18.3 Å². The summed E-state index contributed by atoms with van der Waals surface area (Å²) in [6, 6.07) is 10.2. The number of benzene rings is 2. The Morgan fingerprint density at radius 3 is 2.45 bits per heavy atom. The van der Waals surface area contributed by atoms with E-state index in [0.717, 1.165) is 12.1 Å². The third kappa shape index (κ3) is 2.86. The molecule has 102 valence electrons. The summed E-state index contributed by atoms with van der Waals surface area (Å²) in [5, 5.41) is 8.85. The number of methoxy groups -OCH3 is 1. The van der Waals surface area contributed by atoms with E-state index in [4.69, 9.17) is 14.7 Å². The lowest BCUT2D eigenvalue weighted by Gasteiger charge is -2.11. The summed E-state index contributed by atoms with van der Waals surface area (Å²) < 4.78 is 37.1. The third-order valence-corrected chi connectivity index (χ3v) is 2.70. The topological polar surface area (TPSA) is 42.2 Å². The SMILES string of the molecule is COc1ccc(C#N)cc1COc1c(F)cccc1F. The zero-order chi connectivity index (χ0) is 14.5. The first kappa shape index (κ1) is 13.8. The van der Waals surface area contributed by atoms with E-state index >= 15 is 0 Å². The molecule has 0 aliphatic heterocycles. The van der Waals surface area contributed by atoms with Crippen molar-refractivity contribution >= 4 is 0 Å². The summed E-state index contributed by atoms with van der Waals surface area (Å²) in [5.74, 6) is -1.52. The standard InChI is InChI=1S/C15H11F2NO2/c1-19-14-6-5-10(8-18)7-11(14)9-20-15-12(16)3-2-4-13(15)17/h2-7H,9H2,1H3. The van der Waals surface area contributed by atoms with Gasteiger partial charge >= 0.3 is 0 Å². The predicted octanol–water partition coefficient (Wildman–Crippen LogP) is 3.42. The van der Waals surface area contributed by atoms with Crippen molar-refractivity contribution in [2.45, 2.75) is 6.61 Å². The lowest BCUT2D eigenvalue weighted by molar-refractivity contribution is 0.268. The molecule has 0 aromatic heterocycles. The number of rotatable bonds is 4. The summed E-state index contributed by atoms with van der Waals surface area (Å²) in [6.45, 7) is -0.101. The van der Waals surface area contributed by atoms with Gasteiger partial charge in [0, 0.05) is 5.56 Å². The maximum absolute atomic E-state index is 13.4. The van der Waals surface area contributed by atoms with Gasteiger partial charge in [0.1, 0.15) is 12.4 Å². The lowest BCUT2D eigenvalue weighted by atomic mass is 10.1.